The predicted molar refractivity (Wildman–Crippen MR) is 92.9 cm³/mol. The molecule has 0 aromatic rings. The normalized spacial score (nSPS) is 45.8. The van der Waals surface area contributed by atoms with Gasteiger partial charge in [0.15, 0.2) is 6.29 Å². The lowest BCUT2D eigenvalue weighted by Gasteiger charge is -2.46. The van der Waals surface area contributed by atoms with Gasteiger partial charge in [0.2, 0.25) is 0 Å². The molecule has 2 aliphatic rings. The van der Waals surface area contributed by atoms with Crippen molar-refractivity contribution in [2.24, 2.45) is 0 Å². The monoisotopic (exact) mass is 395 g/mol. The van der Waals surface area contributed by atoms with Crippen LogP contribution in [0.3, 0.4) is 0 Å². The molecule has 6 N–H and O–H groups in total. The molecule has 0 spiro atoms. The van der Waals surface area contributed by atoms with Crippen LogP contribution in [0.25, 0.3) is 0 Å². The Morgan fingerprint density at radius 1 is 0.926 bits per heavy atom. The average Bonchev–Trinajstić information content (AvgIpc) is 2.66. The van der Waals surface area contributed by atoms with E-state index < -0.39 is 67.8 Å². The van der Waals surface area contributed by atoms with Crippen LogP contribution in [-0.4, -0.2) is 114 Å². The topological polar surface area (TPSA) is 150 Å². The molecule has 10 atom stereocenters. The molecule has 0 saturated carbocycles. The molecular weight excluding hydrogens is 362 g/mol. The maximum atomic E-state index is 10.4. The summed E-state index contributed by atoms with van der Waals surface area (Å²) in [6, 6.07) is 0. The Bertz CT molecular complexity index is 441. The van der Waals surface area contributed by atoms with Gasteiger partial charge in [-0.25, -0.2) is 0 Å². The molecule has 0 aromatic carbocycles. The van der Waals surface area contributed by atoms with E-state index in [1.165, 1.54) is 7.11 Å². The summed E-state index contributed by atoms with van der Waals surface area (Å²) in [7, 11) is 1.41. The van der Waals surface area contributed by atoms with Crippen molar-refractivity contribution >= 4 is 0 Å². The van der Waals surface area contributed by atoms with Crippen molar-refractivity contribution in [3.63, 3.8) is 0 Å². The van der Waals surface area contributed by atoms with Crippen LogP contribution >= 0.6 is 0 Å². The molecule has 0 aromatic heterocycles. The van der Waals surface area contributed by atoms with E-state index in [4.69, 9.17) is 18.9 Å². The minimum atomic E-state index is -1.44. The number of ether oxygens (including phenoxy) is 4. The molecule has 0 aliphatic carbocycles. The third-order valence-electron chi connectivity index (χ3n) is 5.08. The van der Waals surface area contributed by atoms with Gasteiger partial charge in [-0.1, -0.05) is 6.92 Å². The molecule has 2 rings (SSSR count). The molecule has 2 aliphatic heterocycles. The number of hydrogen-bond acceptors (Lipinski definition) is 10. The van der Waals surface area contributed by atoms with Gasteiger partial charge in [0, 0.05) is 13.7 Å². The fourth-order valence-corrected chi connectivity index (χ4v) is 3.49. The van der Waals surface area contributed by atoms with E-state index in [1.807, 2.05) is 6.92 Å². The number of hydrogen-bond donors (Lipinski definition) is 6. The maximum Gasteiger partial charge on any atom is 0.187 e. The Kier molecular flexibility index (Phi) is 8.81. The molecule has 0 amide bonds. The second-order valence-corrected chi connectivity index (χ2v) is 7.07. The zero-order valence-corrected chi connectivity index (χ0v) is 16.0. The first kappa shape index (κ1) is 22.9. The summed E-state index contributed by atoms with van der Waals surface area (Å²) < 4.78 is 22.2. The first-order valence-electron chi connectivity index (χ1n) is 9.38. The number of rotatable bonds is 8. The summed E-state index contributed by atoms with van der Waals surface area (Å²) in [6.45, 7) is 4.24. The van der Waals surface area contributed by atoms with Gasteiger partial charge in [-0.15, -0.1) is 0 Å². The zero-order valence-electron chi connectivity index (χ0n) is 16.0. The van der Waals surface area contributed by atoms with E-state index in [1.54, 1.807) is 6.92 Å². The summed E-state index contributed by atoms with van der Waals surface area (Å²) in [5, 5.41) is 53.8. The SMILES string of the molecule is CCCNC[C@H]1O[C@H](OC2[C@@H](CO)O[C@H](C)[C@H](O)[C@H]2O)[C@H](O)[C@@H](O)[C@@H]1OC. The van der Waals surface area contributed by atoms with Crippen molar-refractivity contribution in [1.82, 2.24) is 5.32 Å². The number of aliphatic hydroxyl groups excluding tert-OH is 5. The van der Waals surface area contributed by atoms with E-state index in [9.17, 15) is 25.5 Å². The van der Waals surface area contributed by atoms with E-state index in [-0.39, 0.29) is 0 Å². The molecule has 2 fully saturated rings. The molecule has 0 radical (unpaired) electrons. The predicted octanol–water partition coefficient (Wildman–Crippen LogP) is -2.67. The highest BCUT2D eigenvalue weighted by Gasteiger charge is 2.50. The van der Waals surface area contributed by atoms with Gasteiger partial charge in [-0.2, -0.15) is 0 Å². The maximum absolute atomic E-state index is 10.4. The molecule has 2 heterocycles. The Morgan fingerprint density at radius 3 is 2.19 bits per heavy atom. The van der Waals surface area contributed by atoms with Crippen molar-refractivity contribution < 1.29 is 44.5 Å². The van der Waals surface area contributed by atoms with Crippen molar-refractivity contribution in [1.29, 1.82) is 0 Å². The summed E-state index contributed by atoms with van der Waals surface area (Å²) >= 11 is 0. The third-order valence-corrected chi connectivity index (χ3v) is 5.08. The van der Waals surface area contributed by atoms with Gasteiger partial charge in [-0.3, -0.25) is 0 Å². The van der Waals surface area contributed by atoms with Gasteiger partial charge in [0.05, 0.1) is 12.7 Å². The quantitative estimate of drug-likeness (QED) is 0.240. The standard InChI is InChI=1S/C17H33NO9/c1-4-5-18-6-9-15(24-3)13(22)14(23)17(26-9)27-16-10(7-19)25-8(2)11(20)12(16)21/h8-23H,4-7H2,1-3H3/t8-,9-,10-,11+,12-,13-,14-,15-,16?,17-/m1/s1. The molecule has 2 saturated heterocycles. The van der Waals surface area contributed by atoms with Crippen molar-refractivity contribution in [3.8, 4) is 0 Å². The summed E-state index contributed by atoms with van der Waals surface area (Å²) in [4.78, 5) is 0. The highest BCUT2D eigenvalue weighted by molar-refractivity contribution is 4.95. The lowest BCUT2D eigenvalue weighted by Crippen LogP contribution is -2.64. The minimum absolute atomic E-state index is 0.364. The van der Waals surface area contributed by atoms with Crippen LogP contribution in [0.4, 0.5) is 0 Å². The lowest BCUT2D eigenvalue weighted by atomic mass is 9.95. The van der Waals surface area contributed by atoms with Gasteiger partial charge in [0.1, 0.15) is 48.8 Å². The van der Waals surface area contributed by atoms with Crippen molar-refractivity contribution in [2.45, 2.75) is 81.5 Å². The van der Waals surface area contributed by atoms with E-state index in [0.29, 0.717) is 6.54 Å². The number of aliphatic hydroxyl groups is 5. The third kappa shape index (κ3) is 5.15. The lowest BCUT2D eigenvalue weighted by molar-refractivity contribution is -0.339. The average molecular weight is 395 g/mol. The smallest absolute Gasteiger partial charge is 0.187 e. The molecule has 27 heavy (non-hydrogen) atoms. The fourth-order valence-electron chi connectivity index (χ4n) is 3.49. The van der Waals surface area contributed by atoms with Crippen LogP contribution in [0.5, 0.6) is 0 Å². The summed E-state index contributed by atoms with van der Waals surface area (Å²) in [5.74, 6) is 0. The number of methoxy groups -OCH3 is 1. The zero-order chi connectivity index (χ0) is 20.1. The first-order chi connectivity index (χ1) is 12.8. The fraction of sp³-hybridized carbons (Fsp3) is 1.00. The van der Waals surface area contributed by atoms with Gasteiger partial charge in [0.25, 0.3) is 0 Å². The highest BCUT2D eigenvalue weighted by Crippen LogP contribution is 2.29. The van der Waals surface area contributed by atoms with Crippen molar-refractivity contribution in [3.05, 3.63) is 0 Å². The highest BCUT2D eigenvalue weighted by atomic mass is 16.7. The summed E-state index contributed by atoms with van der Waals surface area (Å²) in [5.41, 5.74) is 0. The largest absolute Gasteiger partial charge is 0.394 e. The van der Waals surface area contributed by atoms with E-state index >= 15 is 0 Å². The van der Waals surface area contributed by atoms with Crippen LogP contribution in [-0.2, 0) is 18.9 Å². The number of nitrogens with one attached hydrogen (secondary N) is 1. The molecule has 10 heteroatoms. The van der Waals surface area contributed by atoms with Crippen LogP contribution in [0, 0.1) is 0 Å². The summed E-state index contributed by atoms with van der Waals surface area (Å²) in [6.07, 6.45) is -9.80. The molecule has 0 bridgehead atoms. The van der Waals surface area contributed by atoms with Gasteiger partial charge >= 0.3 is 0 Å². The minimum Gasteiger partial charge on any atom is -0.394 e. The Balaban J connectivity index is 2.10. The Labute approximate surface area is 159 Å². The van der Waals surface area contributed by atoms with E-state index in [0.717, 1.165) is 13.0 Å². The van der Waals surface area contributed by atoms with E-state index in [2.05, 4.69) is 5.32 Å². The van der Waals surface area contributed by atoms with Crippen LogP contribution < -0.4 is 5.32 Å². The molecular formula is C17H33NO9. The van der Waals surface area contributed by atoms with Crippen LogP contribution in [0.1, 0.15) is 20.3 Å². The van der Waals surface area contributed by atoms with Crippen LogP contribution in [0.15, 0.2) is 0 Å². The van der Waals surface area contributed by atoms with Gasteiger partial charge in [-0.05, 0) is 19.9 Å². The van der Waals surface area contributed by atoms with Crippen LogP contribution in [0.2, 0.25) is 0 Å². The second-order valence-electron chi connectivity index (χ2n) is 7.07. The first-order valence-corrected chi connectivity index (χ1v) is 9.38. The Hall–Kier alpha value is -0.400. The molecule has 1 unspecified atom stereocenters. The second kappa shape index (κ2) is 10.4. The van der Waals surface area contributed by atoms with Gasteiger partial charge < -0.3 is 49.8 Å². The molecule has 160 valence electrons. The molecule has 10 nitrogen and oxygen atoms in total. The van der Waals surface area contributed by atoms with Crippen molar-refractivity contribution in [2.75, 3.05) is 26.8 Å². The Morgan fingerprint density at radius 2 is 1.59 bits per heavy atom.